The van der Waals surface area contributed by atoms with Gasteiger partial charge in [-0.3, -0.25) is 9.69 Å². The Morgan fingerprint density at radius 1 is 1.06 bits per heavy atom. The van der Waals surface area contributed by atoms with Gasteiger partial charge in [0.25, 0.3) is 0 Å². The molecule has 4 rings (SSSR count). The molecule has 2 aromatic carbocycles. The van der Waals surface area contributed by atoms with E-state index in [0.29, 0.717) is 37.4 Å². The third-order valence-corrected chi connectivity index (χ3v) is 9.36. The van der Waals surface area contributed by atoms with E-state index in [-0.39, 0.29) is 17.9 Å². The van der Waals surface area contributed by atoms with Crippen molar-refractivity contribution >= 4 is 15.9 Å². The number of carbonyl (C=O) groups excluding carboxylic acids is 1. The zero-order valence-corrected chi connectivity index (χ0v) is 21.8. The van der Waals surface area contributed by atoms with Crippen molar-refractivity contribution in [3.63, 3.8) is 0 Å². The van der Waals surface area contributed by atoms with Crippen LogP contribution in [0.1, 0.15) is 48.4 Å². The molecule has 1 N–H and O–H groups in total. The fourth-order valence-corrected chi connectivity index (χ4v) is 6.96. The number of ether oxygens (including phenoxy) is 1. The van der Waals surface area contributed by atoms with Crippen molar-refractivity contribution in [1.29, 1.82) is 0 Å². The van der Waals surface area contributed by atoms with Crippen LogP contribution in [0.25, 0.3) is 0 Å². The lowest BCUT2D eigenvalue weighted by molar-refractivity contribution is -0.126. The Hall–Kier alpha value is -2.42. The van der Waals surface area contributed by atoms with Gasteiger partial charge in [-0.2, -0.15) is 4.31 Å². The summed E-state index contributed by atoms with van der Waals surface area (Å²) in [5, 5.41) is 3.18. The number of hydrogen-bond acceptors (Lipinski definition) is 5. The molecule has 1 atom stereocenters. The number of hydrogen-bond donors (Lipinski definition) is 1. The zero-order chi connectivity index (χ0) is 25.0. The lowest BCUT2D eigenvalue weighted by atomic mass is 9.97. The molecule has 2 aliphatic heterocycles. The number of likely N-dealkylation sites (tertiary alicyclic amines) is 1. The van der Waals surface area contributed by atoms with E-state index < -0.39 is 10.0 Å². The standard InChI is InChI=1S/C27H37N3O4S/c1-20-9-10-26(21(2)17-20)35(32,33)30-15-11-22(12-16-30)27(31)28-19-25(29-13-4-5-14-29)23-7-6-8-24(18-23)34-3/h6-10,17-18,22,25H,4-5,11-16,19H2,1-3H3,(H,28,31)/t25-/m1/s1. The highest BCUT2D eigenvalue weighted by atomic mass is 32.2. The van der Waals surface area contributed by atoms with E-state index in [4.69, 9.17) is 4.74 Å². The SMILES string of the molecule is COc1cccc([C@@H](CNC(=O)C2CCN(S(=O)(=O)c3ccc(C)cc3C)CC2)N2CCCC2)c1. The van der Waals surface area contributed by atoms with Gasteiger partial charge in [0.05, 0.1) is 18.0 Å². The molecule has 35 heavy (non-hydrogen) atoms. The molecule has 0 saturated carbocycles. The van der Waals surface area contributed by atoms with Crippen LogP contribution in [-0.4, -0.2) is 63.4 Å². The van der Waals surface area contributed by atoms with Crippen molar-refractivity contribution in [3.8, 4) is 5.75 Å². The summed E-state index contributed by atoms with van der Waals surface area (Å²) in [5.41, 5.74) is 2.94. The molecular weight excluding hydrogens is 462 g/mol. The first kappa shape index (κ1) is 25.7. The Labute approximate surface area is 209 Å². The topological polar surface area (TPSA) is 79.0 Å². The predicted octanol–water partition coefficient (Wildman–Crippen LogP) is 3.67. The van der Waals surface area contributed by atoms with Gasteiger partial charge in [0.15, 0.2) is 0 Å². The monoisotopic (exact) mass is 499 g/mol. The second-order valence-corrected chi connectivity index (χ2v) is 11.6. The number of aryl methyl sites for hydroxylation is 2. The summed E-state index contributed by atoms with van der Waals surface area (Å²) >= 11 is 0. The minimum absolute atomic E-state index is 0.0145. The van der Waals surface area contributed by atoms with Crippen molar-refractivity contribution in [2.45, 2.75) is 50.5 Å². The predicted molar refractivity (Wildman–Crippen MR) is 137 cm³/mol. The molecule has 1 amide bonds. The number of carbonyl (C=O) groups is 1. The highest BCUT2D eigenvalue weighted by Crippen LogP contribution is 2.29. The Morgan fingerprint density at radius 2 is 1.77 bits per heavy atom. The van der Waals surface area contributed by atoms with E-state index in [2.05, 4.69) is 16.3 Å². The van der Waals surface area contributed by atoms with Gasteiger partial charge in [-0.05, 0) is 81.9 Å². The Kier molecular flexibility index (Phi) is 8.14. The zero-order valence-electron chi connectivity index (χ0n) is 21.0. The van der Waals surface area contributed by atoms with Crippen LogP contribution < -0.4 is 10.1 Å². The number of piperidine rings is 1. The van der Waals surface area contributed by atoms with E-state index in [1.165, 1.54) is 17.1 Å². The number of nitrogens with one attached hydrogen (secondary N) is 1. The van der Waals surface area contributed by atoms with Crippen LogP contribution in [0.4, 0.5) is 0 Å². The molecule has 2 saturated heterocycles. The fourth-order valence-electron chi connectivity index (χ4n) is 5.29. The number of sulfonamides is 1. The van der Waals surface area contributed by atoms with Crippen LogP contribution in [0.3, 0.4) is 0 Å². The molecule has 2 fully saturated rings. The van der Waals surface area contributed by atoms with Crippen molar-refractivity contribution in [2.75, 3.05) is 39.8 Å². The minimum atomic E-state index is -3.55. The van der Waals surface area contributed by atoms with E-state index in [1.54, 1.807) is 13.2 Å². The molecule has 2 heterocycles. The normalized spacial score (nSPS) is 18.9. The van der Waals surface area contributed by atoms with Gasteiger partial charge in [-0.15, -0.1) is 0 Å². The molecule has 0 aromatic heterocycles. The third kappa shape index (κ3) is 5.88. The highest BCUT2D eigenvalue weighted by molar-refractivity contribution is 7.89. The van der Waals surface area contributed by atoms with Gasteiger partial charge >= 0.3 is 0 Å². The third-order valence-electron chi connectivity index (χ3n) is 7.30. The van der Waals surface area contributed by atoms with Crippen LogP contribution in [0, 0.1) is 19.8 Å². The molecule has 2 aliphatic rings. The van der Waals surface area contributed by atoms with Crippen LogP contribution in [0.5, 0.6) is 5.75 Å². The summed E-state index contributed by atoms with van der Waals surface area (Å²) in [7, 11) is -1.89. The van der Waals surface area contributed by atoms with Crippen LogP contribution in [-0.2, 0) is 14.8 Å². The summed E-state index contributed by atoms with van der Waals surface area (Å²) in [4.78, 5) is 15.9. The highest BCUT2D eigenvalue weighted by Gasteiger charge is 2.33. The van der Waals surface area contributed by atoms with Crippen LogP contribution in [0.15, 0.2) is 47.4 Å². The number of methoxy groups -OCH3 is 1. The van der Waals surface area contributed by atoms with E-state index in [9.17, 15) is 13.2 Å². The van der Waals surface area contributed by atoms with Gasteiger partial charge < -0.3 is 10.1 Å². The number of rotatable bonds is 8. The first-order valence-corrected chi connectivity index (χ1v) is 14.0. The van der Waals surface area contributed by atoms with Crippen molar-refractivity contribution in [3.05, 3.63) is 59.2 Å². The van der Waals surface area contributed by atoms with Gasteiger partial charge in [0.1, 0.15) is 5.75 Å². The average Bonchev–Trinajstić information content (AvgIpc) is 3.38. The fraction of sp³-hybridized carbons (Fsp3) is 0.519. The van der Waals surface area contributed by atoms with Gasteiger partial charge in [0.2, 0.25) is 15.9 Å². The lowest BCUT2D eigenvalue weighted by Crippen LogP contribution is -2.44. The summed E-state index contributed by atoms with van der Waals surface area (Å²) < 4.78 is 33.3. The first-order valence-electron chi connectivity index (χ1n) is 12.5. The Balaban J connectivity index is 1.37. The van der Waals surface area contributed by atoms with Gasteiger partial charge in [-0.1, -0.05) is 29.8 Å². The van der Waals surface area contributed by atoms with Crippen molar-refractivity contribution in [1.82, 2.24) is 14.5 Å². The smallest absolute Gasteiger partial charge is 0.243 e. The Morgan fingerprint density at radius 3 is 2.43 bits per heavy atom. The van der Waals surface area contributed by atoms with Gasteiger partial charge in [0, 0.05) is 25.6 Å². The van der Waals surface area contributed by atoms with E-state index in [0.717, 1.165) is 35.5 Å². The molecular formula is C27H37N3O4S. The molecule has 8 heteroatoms. The van der Waals surface area contributed by atoms with E-state index >= 15 is 0 Å². The second kappa shape index (κ2) is 11.1. The first-order chi connectivity index (χ1) is 16.8. The second-order valence-electron chi connectivity index (χ2n) is 9.73. The molecule has 0 spiro atoms. The van der Waals surface area contributed by atoms with E-state index in [1.807, 2.05) is 44.2 Å². The maximum atomic E-state index is 13.2. The number of benzene rings is 2. The maximum absolute atomic E-state index is 13.2. The molecule has 0 radical (unpaired) electrons. The molecule has 0 aliphatic carbocycles. The van der Waals surface area contributed by atoms with Crippen molar-refractivity contribution in [2.24, 2.45) is 5.92 Å². The molecule has 0 bridgehead atoms. The van der Waals surface area contributed by atoms with Crippen molar-refractivity contribution < 1.29 is 17.9 Å². The quantitative estimate of drug-likeness (QED) is 0.600. The largest absolute Gasteiger partial charge is 0.497 e. The summed E-state index contributed by atoms with van der Waals surface area (Å²) in [6, 6.07) is 13.6. The molecule has 7 nitrogen and oxygen atoms in total. The Bertz CT molecular complexity index is 1140. The van der Waals surface area contributed by atoms with Gasteiger partial charge in [-0.25, -0.2) is 8.42 Å². The van der Waals surface area contributed by atoms with Crippen LogP contribution in [0.2, 0.25) is 0 Å². The number of nitrogens with zero attached hydrogens (tertiary/aromatic N) is 2. The maximum Gasteiger partial charge on any atom is 0.243 e. The minimum Gasteiger partial charge on any atom is -0.497 e. The molecule has 0 unspecified atom stereocenters. The van der Waals surface area contributed by atoms with Crippen LogP contribution >= 0.6 is 0 Å². The molecule has 190 valence electrons. The summed E-state index contributed by atoms with van der Waals surface area (Å²) in [6.07, 6.45) is 3.40. The summed E-state index contributed by atoms with van der Waals surface area (Å²) in [5.74, 6) is 0.654. The lowest BCUT2D eigenvalue weighted by Gasteiger charge is -2.32. The number of amides is 1. The average molecular weight is 500 g/mol. The summed E-state index contributed by atoms with van der Waals surface area (Å²) in [6.45, 7) is 7.08. The molecule has 2 aromatic rings.